The summed E-state index contributed by atoms with van der Waals surface area (Å²) < 4.78 is 10.6. The SMILES string of the molecule is CC(C)(C)OC(=O)N[C@@H](CCCON1C(=O)c2ccccc2C1=O)C(=O)OCc1ccccc1. The van der Waals surface area contributed by atoms with E-state index in [1.807, 2.05) is 30.3 Å². The standard InChI is InChI=1S/C25H28N2O7/c1-25(2,3)34-24(31)26-20(23(30)32-16-17-10-5-4-6-11-17)14-9-15-33-27-21(28)18-12-7-8-13-19(18)22(27)29/h4-8,10-13,20H,9,14-16H2,1-3H3,(H,26,31)/t20-/m0/s1. The van der Waals surface area contributed by atoms with Crippen molar-refractivity contribution in [3.8, 4) is 0 Å². The third kappa shape index (κ3) is 6.64. The average molecular weight is 469 g/mol. The molecule has 0 bridgehead atoms. The van der Waals surface area contributed by atoms with E-state index < -0.39 is 35.5 Å². The van der Waals surface area contributed by atoms with Crippen LogP contribution >= 0.6 is 0 Å². The zero-order chi connectivity index (χ0) is 24.7. The van der Waals surface area contributed by atoms with E-state index in [1.54, 1.807) is 45.0 Å². The number of carbonyl (C=O) groups excluding carboxylic acids is 4. The molecule has 34 heavy (non-hydrogen) atoms. The number of nitrogens with one attached hydrogen (secondary N) is 1. The summed E-state index contributed by atoms with van der Waals surface area (Å²) in [6.07, 6.45) is -0.347. The molecular weight excluding hydrogens is 440 g/mol. The summed E-state index contributed by atoms with van der Waals surface area (Å²) in [6, 6.07) is 14.6. The Bertz CT molecular complexity index is 1010. The molecule has 180 valence electrons. The first-order valence-corrected chi connectivity index (χ1v) is 11.0. The van der Waals surface area contributed by atoms with E-state index >= 15 is 0 Å². The molecule has 0 spiro atoms. The summed E-state index contributed by atoms with van der Waals surface area (Å²) in [5.41, 5.74) is 0.626. The van der Waals surface area contributed by atoms with Gasteiger partial charge in [-0.05, 0) is 51.3 Å². The number of benzene rings is 2. The third-order valence-electron chi connectivity index (χ3n) is 4.81. The number of rotatable bonds is 9. The summed E-state index contributed by atoms with van der Waals surface area (Å²) in [6.45, 7) is 5.17. The van der Waals surface area contributed by atoms with E-state index in [0.717, 1.165) is 5.56 Å². The van der Waals surface area contributed by atoms with E-state index in [4.69, 9.17) is 14.3 Å². The number of ether oxygens (including phenoxy) is 2. The van der Waals surface area contributed by atoms with Crippen LogP contribution < -0.4 is 5.32 Å². The van der Waals surface area contributed by atoms with E-state index in [9.17, 15) is 19.2 Å². The van der Waals surface area contributed by atoms with Gasteiger partial charge in [0.1, 0.15) is 18.2 Å². The maximum absolute atomic E-state index is 12.7. The Balaban J connectivity index is 1.55. The fraction of sp³-hybridized carbons (Fsp3) is 0.360. The molecule has 0 aromatic heterocycles. The van der Waals surface area contributed by atoms with Crippen molar-refractivity contribution >= 4 is 23.9 Å². The number of carbonyl (C=O) groups is 4. The first-order chi connectivity index (χ1) is 16.2. The monoisotopic (exact) mass is 468 g/mol. The smallest absolute Gasteiger partial charge is 0.408 e. The number of hydrogen-bond donors (Lipinski definition) is 1. The van der Waals surface area contributed by atoms with Gasteiger partial charge in [0, 0.05) is 0 Å². The molecule has 0 saturated heterocycles. The molecule has 3 rings (SSSR count). The van der Waals surface area contributed by atoms with Crippen LogP contribution in [0.2, 0.25) is 0 Å². The van der Waals surface area contributed by atoms with Gasteiger partial charge < -0.3 is 14.8 Å². The lowest BCUT2D eigenvalue weighted by Crippen LogP contribution is -2.44. The molecule has 1 N–H and O–H groups in total. The van der Waals surface area contributed by atoms with Crippen molar-refractivity contribution in [2.75, 3.05) is 6.61 Å². The van der Waals surface area contributed by atoms with E-state index in [-0.39, 0.29) is 37.2 Å². The fourth-order valence-electron chi connectivity index (χ4n) is 3.26. The second-order valence-corrected chi connectivity index (χ2v) is 8.72. The summed E-state index contributed by atoms with van der Waals surface area (Å²) in [7, 11) is 0. The lowest BCUT2D eigenvalue weighted by molar-refractivity contribution is -0.148. The number of nitrogens with zero attached hydrogens (tertiary/aromatic N) is 1. The van der Waals surface area contributed by atoms with Crippen molar-refractivity contribution in [1.29, 1.82) is 0 Å². The van der Waals surface area contributed by atoms with Gasteiger partial charge in [0.05, 0.1) is 17.7 Å². The van der Waals surface area contributed by atoms with Crippen molar-refractivity contribution in [1.82, 2.24) is 10.4 Å². The zero-order valence-corrected chi connectivity index (χ0v) is 19.4. The average Bonchev–Trinajstić information content (AvgIpc) is 3.03. The van der Waals surface area contributed by atoms with Crippen LogP contribution in [0.1, 0.15) is 59.9 Å². The van der Waals surface area contributed by atoms with Gasteiger partial charge in [-0.25, -0.2) is 9.59 Å². The van der Waals surface area contributed by atoms with Crippen molar-refractivity contribution in [3.63, 3.8) is 0 Å². The van der Waals surface area contributed by atoms with Gasteiger partial charge in [0.15, 0.2) is 0 Å². The van der Waals surface area contributed by atoms with Gasteiger partial charge in [-0.2, -0.15) is 0 Å². The first kappa shape index (κ1) is 24.9. The second kappa shape index (κ2) is 10.9. The van der Waals surface area contributed by atoms with Crippen LogP contribution in [-0.2, 0) is 25.7 Å². The Morgan fingerprint density at radius 3 is 2.12 bits per heavy atom. The zero-order valence-electron chi connectivity index (χ0n) is 19.4. The molecule has 9 heteroatoms. The van der Waals surface area contributed by atoms with Crippen LogP contribution in [0, 0.1) is 0 Å². The highest BCUT2D eigenvalue weighted by molar-refractivity contribution is 6.20. The normalized spacial score (nSPS) is 13.9. The highest BCUT2D eigenvalue weighted by Gasteiger charge is 2.36. The third-order valence-corrected chi connectivity index (χ3v) is 4.81. The largest absolute Gasteiger partial charge is 0.459 e. The molecule has 1 heterocycles. The van der Waals surface area contributed by atoms with Gasteiger partial charge in [0.25, 0.3) is 11.8 Å². The quantitative estimate of drug-likeness (QED) is 0.340. The first-order valence-electron chi connectivity index (χ1n) is 11.0. The number of esters is 1. The molecule has 0 aliphatic carbocycles. The van der Waals surface area contributed by atoms with Gasteiger partial charge in [0.2, 0.25) is 0 Å². The predicted octanol–water partition coefficient (Wildman–Crippen LogP) is 3.63. The molecule has 2 aromatic rings. The van der Waals surface area contributed by atoms with Gasteiger partial charge in [-0.1, -0.05) is 42.5 Å². The number of hydrogen-bond acceptors (Lipinski definition) is 7. The Kier molecular flexibility index (Phi) is 8.01. The number of fused-ring (bicyclic) bond motifs is 1. The molecule has 1 aliphatic rings. The molecule has 1 aliphatic heterocycles. The Labute approximate surface area is 197 Å². The van der Waals surface area contributed by atoms with Crippen molar-refractivity contribution in [2.45, 2.75) is 51.9 Å². The minimum Gasteiger partial charge on any atom is -0.459 e. The van der Waals surface area contributed by atoms with Crippen LogP contribution in [0.25, 0.3) is 0 Å². The Morgan fingerprint density at radius 2 is 1.53 bits per heavy atom. The molecule has 0 fully saturated rings. The van der Waals surface area contributed by atoms with Crippen LogP contribution in [0.5, 0.6) is 0 Å². The van der Waals surface area contributed by atoms with Gasteiger partial charge >= 0.3 is 12.1 Å². The summed E-state index contributed by atoms with van der Waals surface area (Å²) in [4.78, 5) is 55.0. The lowest BCUT2D eigenvalue weighted by Gasteiger charge is -2.23. The highest BCUT2D eigenvalue weighted by atomic mass is 16.7. The minimum absolute atomic E-state index is 0.0239. The Hall–Kier alpha value is -3.72. The fourth-order valence-corrected chi connectivity index (χ4v) is 3.26. The number of amides is 3. The second-order valence-electron chi connectivity index (χ2n) is 8.72. The summed E-state index contributed by atoms with van der Waals surface area (Å²) >= 11 is 0. The van der Waals surface area contributed by atoms with Crippen molar-refractivity contribution in [3.05, 3.63) is 71.3 Å². The topological polar surface area (TPSA) is 111 Å². The number of hydroxylamine groups is 2. The van der Waals surface area contributed by atoms with Crippen molar-refractivity contribution < 1.29 is 33.5 Å². The maximum atomic E-state index is 12.7. The van der Waals surface area contributed by atoms with Crippen molar-refractivity contribution in [2.24, 2.45) is 0 Å². The van der Waals surface area contributed by atoms with Crippen LogP contribution in [0.15, 0.2) is 54.6 Å². The molecule has 3 amide bonds. The molecule has 2 aromatic carbocycles. The minimum atomic E-state index is -0.996. The van der Waals surface area contributed by atoms with Gasteiger partial charge in [-0.15, -0.1) is 5.06 Å². The molecule has 0 radical (unpaired) electrons. The lowest BCUT2D eigenvalue weighted by atomic mass is 10.1. The number of alkyl carbamates (subject to hydrolysis) is 1. The van der Waals surface area contributed by atoms with Crippen LogP contribution in [0.4, 0.5) is 4.79 Å². The predicted molar refractivity (Wildman–Crippen MR) is 122 cm³/mol. The van der Waals surface area contributed by atoms with Crippen LogP contribution in [-0.4, -0.2) is 47.2 Å². The van der Waals surface area contributed by atoms with E-state index in [0.29, 0.717) is 5.06 Å². The Morgan fingerprint density at radius 1 is 0.941 bits per heavy atom. The maximum Gasteiger partial charge on any atom is 0.408 e. The highest BCUT2D eigenvalue weighted by Crippen LogP contribution is 2.22. The van der Waals surface area contributed by atoms with E-state index in [2.05, 4.69) is 5.32 Å². The molecule has 1 atom stereocenters. The molecular formula is C25H28N2O7. The van der Waals surface area contributed by atoms with Gasteiger partial charge in [-0.3, -0.25) is 14.4 Å². The molecule has 0 unspecified atom stereocenters. The molecule has 9 nitrogen and oxygen atoms in total. The van der Waals surface area contributed by atoms with Crippen LogP contribution in [0.3, 0.4) is 0 Å². The summed E-state index contributed by atoms with van der Waals surface area (Å²) in [5.74, 6) is -1.70. The number of imide groups is 1. The van der Waals surface area contributed by atoms with E-state index in [1.165, 1.54) is 0 Å². The summed E-state index contributed by atoms with van der Waals surface area (Å²) in [5, 5.41) is 3.25. The molecule has 0 saturated carbocycles.